The van der Waals surface area contributed by atoms with Crippen molar-refractivity contribution in [2.45, 2.75) is 19.3 Å². The molecule has 1 aliphatic rings. The number of hydrogen-bond acceptors (Lipinski definition) is 0. The van der Waals surface area contributed by atoms with Gasteiger partial charge in [0.25, 0.3) is 0 Å². The van der Waals surface area contributed by atoms with Crippen LogP contribution >= 0.6 is 0 Å². The zero-order valence-electron chi connectivity index (χ0n) is 4.28. The van der Waals surface area contributed by atoms with Gasteiger partial charge in [0.1, 0.15) is 0 Å². The first-order chi connectivity index (χ1) is 2.50. The van der Waals surface area contributed by atoms with Crippen LogP contribution in [0.15, 0.2) is 6.08 Å². The van der Waals surface area contributed by atoms with E-state index in [1.165, 1.54) is 19.3 Å². The van der Waals surface area contributed by atoms with Crippen LogP contribution in [0.4, 0.5) is 0 Å². The van der Waals surface area contributed by atoms with Gasteiger partial charge in [0.05, 0.1) is 0 Å². The summed E-state index contributed by atoms with van der Waals surface area (Å²) in [5, 5.41) is 0. The van der Waals surface area contributed by atoms with E-state index in [0.29, 0.717) is 0 Å². The average Bonchev–Trinajstić information content (AvgIpc) is 1.76. The molecule has 7 heavy (non-hydrogen) atoms. The Morgan fingerprint density at radius 2 is 2.14 bits per heavy atom. The summed E-state index contributed by atoms with van der Waals surface area (Å²) in [7, 11) is 0. The summed E-state index contributed by atoms with van der Waals surface area (Å²) < 4.78 is 0. The molecule has 0 unspecified atom stereocenters. The maximum atomic E-state index is 3.10. The normalized spacial score (nSPS) is 14.9. The van der Waals surface area contributed by atoms with Crippen LogP contribution in [0.1, 0.15) is 19.3 Å². The molecule has 0 radical (unpaired) electrons. The van der Waals surface area contributed by atoms with E-state index in [2.05, 4.69) is 12.2 Å². The third-order valence-corrected chi connectivity index (χ3v) is 0.814. The maximum absolute atomic E-state index is 3.10. The summed E-state index contributed by atoms with van der Waals surface area (Å²) in [6.45, 7) is 0. The van der Waals surface area contributed by atoms with E-state index < -0.39 is 0 Å². The Morgan fingerprint density at radius 3 is 2.29 bits per heavy atom. The molecule has 0 atom stereocenters. The first kappa shape index (κ1) is 10.9. The molecule has 0 amide bonds. The smallest absolute Gasteiger partial charge is 1.00 e. The summed E-state index contributed by atoms with van der Waals surface area (Å²) in [5.41, 5.74) is 0. The standard InChI is InChI=1S/C5H7.BrH.Mg/c1-2-4-5-3-1;;/h1H,2,4-5H2;1H;/q-1;;+2/p-1. The Bertz CT molecular complexity index is 46.0. The molecule has 0 bridgehead atoms. The van der Waals surface area contributed by atoms with E-state index in [1.54, 1.807) is 0 Å². The summed E-state index contributed by atoms with van der Waals surface area (Å²) in [5.74, 6) is 0. The summed E-state index contributed by atoms with van der Waals surface area (Å²) in [6, 6.07) is 0. The number of hydrogen-bond donors (Lipinski definition) is 0. The number of halogens is 1. The fourth-order valence-electron chi connectivity index (χ4n) is 0.510. The van der Waals surface area contributed by atoms with Crippen molar-refractivity contribution in [1.29, 1.82) is 0 Å². The van der Waals surface area contributed by atoms with E-state index in [1.807, 2.05) is 0 Å². The van der Waals surface area contributed by atoms with Gasteiger partial charge < -0.3 is 23.1 Å². The molecule has 1 aliphatic carbocycles. The maximum Gasteiger partial charge on any atom is 2.00 e. The Kier molecular flexibility index (Phi) is 10.9. The summed E-state index contributed by atoms with van der Waals surface area (Å²) >= 11 is 0. The van der Waals surface area contributed by atoms with E-state index in [9.17, 15) is 0 Å². The molecule has 0 saturated heterocycles. The second-order valence-corrected chi connectivity index (χ2v) is 1.30. The van der Waals surface area contributed by atoms with Crippen molar-refractivity contribution in [3.05, 3.63) is 12.2 Å². The minimum absolute atomic E-state index is 0. The van der Waals surface area contributed by atoms with Crippen LogP contribution in [-0.4, -0.2) is 23.1 Å². The predicted molar refractivity (Wildman–Crippen MR) is 27.4 cm³/mol. The summed E-state index contributed by atoms with van der Waals surface area (Å²) in [4.78, 5) is 0. The quantitative estimate of drug-likeness (QED) is 0.297. The molecule has 0 aliphatic heterocycles. The number of allylic oxidation sites excluding steroid dienone is 2. The molecule has 1 rings (SSSR count). The largest absolute Gasteiger partial charge is 2.00 e. The zero-order chi connectivity index (χ0) is 3.54. The van der Waals surface area contributed by atoms with Crippen LogP contribution < -0.4 is 17.0 Å². The third kappa shape index (κ3) is 4.85. The Morgan fingerprint density at radius 1 is 1.43 bits per heavy atom. The SMILES string of the molecule is [Br-].[C-]1=CCCC1.[Mg+2]. The third-order valence-electron chi connectivity index (χ3n) is 0.814. The number of rotatable bonds is 0. The second-order valence-electron chi connectivity index (χ2n) is 1.30. The molecule has 0 heterocycles. The van der Waals surface area contributed by atoms with Crippen molar-refractivity contribution >= 4 is 23.1 Å². The van der Waals surface area contributed by atoms with Crippen LogP contribution in [-0.2, 0) is 0 Å². The predicted octanol–water partition coefficient (Wildman–Crippen LogP) is -1.85. The summed E-state index contributed by atoms with van der Waals surface area (Å²) in [6.07, 6.45) is 9.00. The molecule has 36 valence electrons. The van der Waals surface area contributed by atoms with Gasteiger partial charge in [0.2, 0.25) is 0 Å². The molecule has 0 aromatic carbocycles. The van der Waals surface area contributed by atoms with Gasteiger partial charge in [-0.05, 0) is 0 Å². The minimum atomic E-state index is 0. The Hall–Kier alpha value is 0.986. The van der Waals surface area contributed by atoms with Crippen molar-refractivity contribution < 1.29 is 17.0 Å². The van der Waals surface area contributed by atoms with Crippen LogP contribution in [0, 0.1) is 6.08 Å². The second kappa shape index (κ2) is 6.99. The van der Waals surface area contributed by atoms with Crippen LogP contribution in [0.25, 0.3) is 0 Å². The first-order valence-corrected chi connectivity index (χ1v) is 2.05. The first-order valence-electron chi connectivity index (χ1n) is 2.05. The van der Waals surface area contributed by atoms with Gasteiger partial charge in [-0.25, -0.2) is 0 Å². The fraction of sp³-hybridized carbons (Fsp3) is 0.600. The molecular formula is C5H7BrMg. The van der Waals surface area contributed by atoms with E-state index in [-0.39, 0.29) is 40.0 Å². The minimum Gasteiger partial charge on any atom is -1.00 e. The molecule has 0 aromatic rings. The molecule has 0 N–H and O–H groups in total. The van der Waals surface area contributed by atoms with Gasteiger partial charge in [-0.15, -0.1) is 0 Å². The molecule has 0 saturated carbocycles. The Labute approximate surface area is 71.3 Å². The van der Waals surface area contributed by atoms with E-state index in [0.717, 1.165) is 0 Å². The van der Waals surface area contributed by atoms with Crippen molar-refractivity contribution in [2.24, 2.45) is 0 Å². The monoisotopic (exact) mass is 170 g/mol. The average molecular weight is 171 g/mol. The van der Waals surface area contributed by atoms with Crippen molar-refractivity contribution in [1.82, 2.24) is 0 Å². The van der Waals surface area contributed by atoms with Crippen molar-refractivity contribution in [2.75, 3.05) is 0 Å². The molecule has 0 nitrogen and oxygen atoms in total. The molecule has 0 spiro atoms. The van der Waals surface area contributed by atoms with Gasteiger partial charge >= 0.3 is 23.1 Å². The van der Waals surface area contributed by atoms with Gasteiger partial charge in [-0.2, -0.15) is 6.42 Å². The van der Waals surface area contributed by atoms with Crippen LogP contribution in [0.2, 0.25) is 0 Å². The van der Waals surface area contributed by atoms with Crippen LogP contribution in [0.3, 0.4) is 0 Å². The van der Waals surface area contributed by atoms with Gasteiger partial charge in [-0.1, -0.05) is 12.8 Å². The molecule has 0 fully saturated rings. The van der Waals surface area contributed by atoms with Gasteiger partial charge in [0.15, 0.2) is 0 Å². The van der Waals surface area contributed by atoms with Crippen molar-refractivity contribution in [3.63, 3.8) is 0 Å². The van der Waals surface area contributed by atoms with E-state index in [4.69, 9.17) is 0 Å². The van der Waals surface area contributed by atoms with Gasteiger partial charge in [-0.3, -0.25) is 6.08 Å². The van der Waals surface area contributed by atoms with Gasteiger partial charge in [0, 0.05) is 0 Å². The van der Waals surface area contributed by atoms with Crippen molar-refractivity contribution in [3.8, 4) is 0 Å². The molecule has 2 heteroatoms. The molecular weight excluding hydrogens is 164 g/mol. The molecule has 0 aromatic heterocycles. The van der Waals surface area contributed by atoms with Crippen LogP contribution in [0.5, 0.6) is 0 Å². The van der Waals surface area contributed by atoms with E-state index >= 15 is 0 Å². The fourth-order valence-corrected chi connectivity index (χ4v) is 0.510. The topological polar surface area (TPSA) is 0 Å². The Balaban J connectivity index is 0. The zero-order valence-corrected chi connectivity index (χ0v) is 7.28.